The lowest BCUT2D eigenvalue weighted by Gasteiger charge is -2.13. The third kappa shape index (κ3) is 4.37. The number of benzene rings is 2. The fourth-order valence-corrected chi connectivity index (χ4v) is 2.71. The first-order chi connectivity index (χ1) is 12.8. The number of hydrogen-bond acceptors (Lipinski definition) is 4. The van der Waals surface area contributed by atoms with Gasteiger partial charge in [0.2, 0.25) is 0 Å². The van der Waals surface area contributed by atoms with Gasteiger partial charge in [-0.05, 0) is 42.5 Å². The number of hydrogen-bond donors (Lipinski definition) is 2. The first-order valence-corrected chi connectivity index (χ1v) is 8.04. The van der Waals surface area contributed by atoms with E-state index in [0.717, 1.165) is 0 Å². The highest BCUT2D eigenvalue weighted by Gasteiger charge is 2.33. The molecule has 0 amide bonds. The molecular weight excluding hydrogens is 381 g/mol. The van der Waals surface area contributed by atoms with E-state index < -0.39 is 17.4 Å². The Balaban J connectivity index is 1.87. The second-order valence-electron chi connectivity index (χ2n) is 5.50. The fourth-order valence-electron chi connectivity index (χ4n) is 2.47. The zero-order chi connectivity index (χ0) is 19.6. The average molecular weight is 394 g/mol. The second-order valence-corrected chi connectivity index (χ2v) is 5.91. The molecule has 27 heavy (non-hydrogen) atoms. The van der Waals surface area contributed by atoms with Crippen LogP contribution in [0.5, 0.6) is 5.75 Å². The zero-order valence-corrected chi connectivity index (χ0v) is 14.7. The van der Waals surface area contributed by atoms with Crippen molar-refractivity contribution in [2.24, 2.45) is 0 Å². The first kappa shape index (κ1) is 18.7. The van der Waals surface area contributed by atoms with E-state index in [1.165, 1.54) is 25.3 Å². The molecule has 3 aromatic rings. The Morgan fingerprint density at radius 3 is 2.44 bits per heavy atom. The maximum Gasteiger partial charge on any atom is 0.417 e. The minimum atomic E-state index is -4.69. The predicted octanol–water partition coefficient (Wildman–Crippen LogP) is 4.63. The monoisotopic (exact) mass is 394 g/mol. The molecule has 2 N–H and O–H groups in total. The molecule has 0 aliphatic carbocycles. The van der Waals surface area contributed by atoms with Crippen LogP contribution >= 0.6 is 12.2 Å². The van der Waals surface area contributed by atoms with Crippen molar-refractivity contribution in [1.29, 1.82) is 0 Å². The SMILES string of the molecule is COc1cccc(NC(=S)Nc2ccc3oc(=O)cc(C(F)(F)F)c3c2)c1. The number of alkyl halides is 3. The van der Waals surface area contributed by atoms with Gasteiger partial charge in [0, 0.05) is 28.9 Å². The van der Waals surface area contributed by atoms with Crippen LogP contribution in [0.2, 0.25) is 0 Å². The largest absolute Gasteiger partial charge is 0.497 e. The molecule has 1 heterocycles. The van der Waals surface area contributed by atoms with Gasteiger partial charge < -0.3 is 19.8 Å². The molecule has 0 aliphatic heterocycles. The smallest absolute Gasteiger partial charge is 0.417 e. The third-order valence-corrected chi connectivity index (χ3v) is 3.84. The maximum absolute atomic E-state index is 13.2. The van der Waals surface area contributed by atoms with Gasteiger partial charge in [0.1, 0.15) is 11.3 Å². The summed E-state index contributed by atoms with van der Waals surface area (Å²) in [6.45, 7) is 0. The molecule has 0 fully saturated rings. The van der Waals surface area contributed by atoms with Gasteiger partial charge in [0.05, 0.1) is 12.7 Å². The van der Waals surface area contributed by atoms with Crippen LogP contribution in [0.1, 0.15) is 5.56 Å². The highest BCUT2D eigenvalue weighted by Crippen LogP contribution is 2.34. The number of nitrogens with one attached hydrogen (secondary N) is 2. The van der Waals surface area contributed by atoms with Crippen molar-refractivity contribution in [3.05, 3.63) is 64.5 Å². The molecule has 9 heteroatoms. The Labute approximate surface area is 156 Å². The lowest BCUT2D eigenvalue weighted by atomic mass is 10.1. The van der Waals surface area contributed by atoms with Crippen molar-refractivity contribution in [3.63, 3.8) is 0 Å². The van der Waals surface area contributed by atoms with Crippen LogP contribution in [0, 0.1) is 0 Å². The Morgan fingerprint density at radius 1 is 1.07 bits per heavy atom. The summed E-state index contributed by atoms with van der Waals surface area (Å²) in [5.41, 5.74) is -1.33. The number of thiocarbonyl (C=S) groups is 1. The number of methoxy groups -OCH3 is 1. The molecule has 2 aromatic carbocycles. The van der Waals surface area contributed by atoms with Gasteiger partial charge in [-0.25, -0.2) is 4.79 Å². The van der Waals surface area contributed by atoms with Crippen LogP contribution in [-0.2, 0) is 6.18 Å². The molecule has 0 bridgehead atoms. The van der Waals surface area contributed by atoms with Crippen LogP contribution in [0.4, 0.5) is 24.5 Å². The van der Waals surface area contributed by atoms with E-state index >= 15 is 0 Å². The Kier molecular flexibility index (Phi) is 5.04. The van der Waals surface area contributed by atoms with E-state index in [0.29, 0.717) is 23.2 Å². The van der Waals surface area contributed by atoms with Crippen molar-refractivity contribution in [1.82, 2.24) is 0 Å². The molecule has 140 valence electrons. The van der Waals surface area contributed by atoms with Crippen molar-refractivity contribution >= 4 is 39.7 Å². The topological polar surface area (TPSA) is 63.5 Å². The van der Waals surface area contributed by atoms with Crippen LogP contribution in [0.25, 0.3) is 11.0 Å². The summed E-state index contributed by atoms with van der Waals surface area (Å²) in [5.74, 6) is 0.623. The summed E-state index contributed by atoms with van der Waals surface area (Å²) in [7, 11) is 1.53. The average Bonchev–Trinajstić information content (AvgIpc) is 2.60. The number of ether oxygens (including phenoxy) is 1. The summed E-state index contributed by atoms with van der Waals surface area (Å²) in [6.07, 6.45) is -4.69. The Hall–Kier alpha value is -3.07. The van der Waals surface area contributed by atoms with E-state index in [-0.39, 0.29) is 16.1 Å². The van der Waals surface area contributed by atoms with Gasteiger partial charge >= 0.3 is 11.8 Å². The molecule has 1 aromatic heterocycles. The van der Waals surface area contributed by atoms with Crippen LogP contribution in [-0.4, -0.2) is 12.2 Å². The number of anilines is 2. The second kappa shape index (κ2) is 7.28. The number of halogens is 3. The normalized spacial score (nSPS) is 11.3. The van der Waals surface area contributed by atoms with Gasteiger partial charge in [-0.1, -0.05) is 6.07 Å². The molecule has 0 radical (unpaired) electrons. The highest BCUT2D eigenvalue weighted by molar-refractivity contribution is 7.80. The lowest BCUT2D eigenvalue weighted by molar-refractivity contribution is -0.136. The highest BCUT2D eigenvalue weighted by atomic mass is 32.1. The van der Waals surface area contributed by atoms with E-state index in [2.05, 4.69) is 10.6 Å². The third-order valence-electron chi connectivity index (χ3n) is 3.63. The molecule has 0 unspecified atom stereocenters. The van der Waals surface area contributed by atoms with Crippen molar-refractivity contribution in [2.75, 3.05) is 17.7 Å². The molecule has 5 nitrogen and oxygen atoms in total. The van der Waals surface area contributed by atoms with Gasteiger partial charge in [0.25, 0.3) is 0 Å². The van der Waals surface area contributed by atoms with Gasteiger partial charge in [-0.3, -0.25) is 0 Å². The Morgan fingerprint density at radius 2 is 1.78 bits per heavy atom. The molecule has 3 rings (SSSR count). The molecule has 0 aliphatic rings. The molecule has 0 saturated heterocycles. The van der Waals surface area contributed by atoms with Crippen LogP contribution in [0.15, 0.2) is 57.7 Å². The summed E-state index contributed by atoms with van der Waals surface area (Å²) < 4.78 is 49.5. The number of fused-ring (bicyclic) bond motifs is 1. The van der Waals surface area contributed by atoms with Crippen molar-refractivity contribution < 1.29 is 22.3 Å². The van der Waals surface area contributed by atoms with Crippen molar-refractivity contribution in [3.8, 4) is 5.75 Å². The quantitative estimate of drug-likeness (QED) is 0.499. The summed E-state index contributed by atoms with van der Waals surface area (Å²) in [6, 6.07) is 11.4. The van der Waals surface area contributed by atoms with Crippen LogP contribution in [0.3, 0.4) is 0 Å². The number of rotatable bonds is 3. The summed E-state index contributed by atoms with van der Waals surface area (Å²) in [4.78, 5) is 11.3. The van der Waals surface area contributed by atoms with E-state index in [1.54, 1.807) is 24.3 Å². The van der Waals surface area contributed by atoms with Gasteiger partial charge in [0.15, 0.2) is 5.11 Å². The minimum Gasteiger partial charge on any atom is -0.497 e. The predicted molar refractivity (Wildman–Crippen MR) is 100 cm³/mol. The summed E-state index contributed by atoms with van der Waals surface area (Å²) >= 11 is 5.19. The van der Waals surface area contributed by atoms with E-state index in [9.17, 15) is 18.0 Å². The van der Waals surface area contributed by atoms with Crippen molar-refractivity contribution in [2.45, 2.75) is 6.18 Å². The lowest BCUT2D eigenvalue weighted by Crippen LogP contribution is -2.19. The fraction of sp³-hybridized carbons (Fsp3) is 0.111. The first-order valence-electron chi connectivity index (χ1n) is 7.63. The van der Waals surface area contributed by atoms with Gasteiger partial charge in [-0.15, -0.1) is 0 Å². The molecule has 0 spiro atoms. The zero-order valence-electron chi connectivity index (χ0n) is 13.9. The van der Waals surface area contributed by atoms with Crippen LogP contribution < -0.4 is 21.0 Å². The van der Waals surface area contributed by atoms with E-state index in [4.69, 9.17) is 21.4 Å². The molecular formula is C18H13F3N2O3S. The minimum absolute atomic E-state index is 0.160. The standard InChI is InChI=1S/C18H13F3N2O3S/c1-25-12-4-2-3-10(7-12)22-17(27)23-11-5-6-15-13(8-11)14(18(19,20)21)9-16(24)26-15/h2-9H,1H3,(H2,22,23,27). The van der Waals surface area contributed by atoms with E-state index in [1.807, 2.05) is 0 Å². The summed E-state index contributed by atoms with van der Waals surface area (Å²) in [5, 5.41) is 5.65. The molecule has 0 atom stereocenters. The Bertz CT molecular complexity index is 1060. The maximum atomic E-state index is 13.2. The molecule has 0 saturated carbocycles. The van der Waals surface area contributed by atoms with Gasteiger partial charge in [-0.2, -0.15) is 13.2 Å².